The van der Waals surface area contributed by atoms with Gasteiger partial charge in [-0.25, -0.2) is 0 Å². The average Bonchev–Trinajstić information content (AvgIpc) is 3.21. The van der Waals surface area contributed by atoms with E-state index in [0.29, 0.717) is 13.2 Å². The molecule has 0 radical (unpaired) electrons. The zero-order valence-corrected chi connectivity index (χ0v) is 19.1. The number of hydrogen-bond donors (Lipinski definition) is 0. The summed E-state index contributed by atoms with van der Waals surface area (Å²) >= 11 is 0. The van der Waals surface area contributed by atoms with Gasteiger partial charge in [-0.15, -0.1) is 0 Å². The smallest absolute Gasteiger partial charge is 0.256 e. The van der Waals surface area contributed by atoms with Crippen molar-refractivity contribution in [3.63, 3.8) is 0 Å². The first kappa shape index (κ1) is 21.1. The third-order valence-electron chi connectivity index (χ3n) is 6.37. The molecule has 0 fully saturated rings. The number of fused-ring (bicyclic) bond motifs is 1. The maximum Gasteiger partial charge on any atom is 0.256 e. The molecular formula is C29H28N2O2. The van der Waals surface area contributed by atoms with Gasteiger partial charge >= 0.3 is 0 Å². The maximum absolute atomic E-state index is 13.7. The highest BCUT2D eigenvalue weighted by Gasteiger charge is 2.26. The van der Waals surface area contributed by atoms with Crippen LogP contribution in [-0.2, 0) is 13.0 Å². The van der Waals surface area contributed by atoms with Gasteiger partial charge in [0.1, 0.15) is 5.75 Å². The van der Waals surface area contributed by atoms with Crippen LogP contribution in [0, 0.1) is 6.92 Å². The summed E-state index contributed by atoms with van der Waals surface area (Å²) in [6.07, 6.45) is 0.895. The largest absolute Gasteiger partial charge is 0.494 e. The lowest BCUT2D eigenvalue weighted by Gasteiger charge is -2.29. The van der Waals surface area contributed by atoms with E-state index in [1.807, 2.05) is 61.2 Å². The zero-order valence-electron chi connectivity index (χ0n) is 19.1. The van der Waals surface area contributed by atoms with Crippen LogP contribution < -0.4 is 4.74 Å². The van der Waals surface area contributed by atoms with Gasteiger partial charge in [-0.3, -0.25) is 4.79 Å². The highest BCUT2D eigenvalue weighted by atomic mass is 16.5. The van der Waals surface area contributed by atoms with Gasteiger partial charge in [0.15, 0.2) is 0 Å². The Morgan fingerprint density at radius 1 is 0.909 bits per heavy atom. The Balaban J connectivity index is 1.55. The molecule has 0 atom stereocenters. The Morgan fingerprint density at radius 3 is 2.33 bits per heavy atom. The van der Waals surface area contributed by atoms with Gasteiger partial charge in [0.25, 0.3) is 5.91 Å². The monoisotopic (exact) mass is 436 g/mol. The molecule has 0 saturated heterocycles. The molecule has 166 valence electrons. The lowest BCUT2D eigenvalue weighted by molar-refractivity contribution is 0.0734. The second kappa shape index (κ2) is 8.99. The highest BCUT2D eigenvalue weighted by molar-refractivity contribution is 5.97. The molecule has 4 heteroatoms. The summed E-state index contributed by atoms with van der Waals surface area (Å²) in [5.41, 5.74) is 7.39. The minimum Gasteiger partial charge on any atom is -0.494 e. The molecule has 0 N–H and O–H groups in total. The first-order valence-corrected chi connectivity index (χ1v) is 11.5. The Morgan fingerprint density at radius 2 is 1.61 bits per heavy atom. The minimum absolute atomic E-state index is 0.0869. The number of hydrogen-bond acceptors (Lipinski definition) is 2. The van der Waals surface area contributed by atoms with E-state index < -0.39 is 0 Å². The number of amides is 1. The van der Waals surface area contributed by atoms with E-state index in [1.54, 1.807) is 0 Å². The van der Waals surface area contributed by atoms with Crippen molar-refractivity contribution in [3.8, 4) is 22.7 Å². The van der Waals surface area contributed by atoms with Crippen LogP contribution in [-0.4, -0.2) is 28.5 Å². The average molecular weight is 437 g/mol. The summed E-state index contributed by atoms with van der Waals surface area (Å²) in [5.74, 6) is 0.930. The molecule has 0 saturated carbocycles. The minimum atomic E-state index is 0.0869. The molecule has 33 heavy (non-hydrogen) atoms. The molecular weight excluding hydrogens is 408 g/mol. The standard InChI is InChI=1S/C29H28N2O2/c1-3-33-26-15-13-25(14-16-26)31-21(2)27(19-28(31)23-10-5-4-6-11-23)29(32)30-18-17-22-9-7-8-12-24(22)20-30/h4-16,19H,3,17-18,20H2,1-2H3. The van der Waals surface area contributed by atoms with Crippen molar-refractivity contribution >= 4 is 5.91 Å². The fourth-order valence-corrected chi connectivity index (χ4v) is 4.67. The lowest BCUT2D eigenvalue weighted by atomic mass is 9.99. The first-order valence-electron chi connectivity index (χ1n) is 11.5. The quantitative estimate of drug-likeness (QED) is 0.382. The summed E-state index contributed by atoms with van der Waals surface area (Å²) < 4.78 is 7.80. The van der Waals surface area contributed by atoms with E-state index >= 15 is 0 Å². The van der Waals surface area contributed by atoms with Crippen molar-refractivity contribution in [2.75, 3.05) is 13.2 Å². The van der Waals surface area contributed by atoms with Crippen molar-refractivity contribution in [3.05, 3.63) is 107 Å². The molecule has 4 aromatic rings. The second-order valence-electron chi connectivity index (χ2n) is 8.40. The highest BCUT2D eigenvalue weighted by Crippen LogP contribution is 2.32. The number of aromatic nitrogens is 1. The van der Waals surface area contributed by atoms with E-state index in [0.717, 1.165) is 46.9 Å². The molecule has 0 bridgehead atoms. The van der Waals surface area contributed by atoms with Crippen molar-refractivity contribution < 1.29 is 9.53 Å². The van der Waals surface area contributed by atoms with E-state index in [9.17, 15) is 4.79 Å². The van der Waals surface area contributed by atoms with Crippen LogP contribution in [0.2, 0.25) is 0 Å². The van der Waals surface area contributed by atoms with Gasteiger partial charge in [-0.1, -0.05) is 54.6 Å². The van der Waals surface area contributed by atoms with Gasteiger partial charge < -0.3 is 14.2 Å². The van der Waals surface area contributed by atoms with Crippen molar-refractivity contribution in [1.29, 1.82) is 0 Å². The van der Waals surface area contributed by atoms with E-state index in [2.05, 4.69) is 47.0 Å². The topological polar surface area (TPSA) is 34.5 Å². The summed E-state index contributed by atoms with van der Waals surface area (Å²) in [6.45, 7) is 6.05. The summed E-state index contributed by atoms with van der Waals surface area (Å²) in [4.78, 5) is 15.7. The first-order chi connectivity index (χ1) is 16.2. The number of carbonyl (C=O) groups excluding carboxylic acids is 1. The Labute approximate surface area is 195 Å². The molecule has 0 spiro atoms. The molecule has 3 aromatic carbocycles. The van der Waals surface area contributed by atoms with Gasteiger partial charge in [-0.2, -0.15) is 0 Å². The lowest BCUT2D eigenvalue weighted by Crippen LogP contribution is -2.36. The molecule has 5 rings (SSSR count). The zero-order chi connectivity index (χ0) is 22.8. The number of nitrogens with zero attached hydrogens (tertiary/aromatic N) is 2. The third-order valence-corrected chi connectivity index (χ3v) is 6.37. The molecule has 1 aliphatic rings. The SMILES string of the molecule is CCOc1ccc(-n2c(-c3ccccc3)cc(C(=O)N3CCc4ccccc4C3)c2C)cc1. The molecule has 1 aromatic heterocycles. The van der Waals surface area contributed by atoms with Crippen LogP contribution in [0.25, 0.3) is 16.9 Å². The predicted octanol–water partition coefficient (Wildman–Crippen LogP) is 6.05. The van der Waals surface area contributed by atoms with E-state index in [1.165, 1.54) is 11.1 Å². The molecule has 1 amide bonds. The second-order valence-corrected chi connectivity index (χ2v) is 8.40. The molecule has 0 unspecified atom stereocenters. The van der Waals surface area contributed by atoms with Crippen LogP contribution in [0.3, 0.4) is 0 Å². The number of ether oxygens (including phenoxy) is 1. The van der Waals surface area contributed by atoms with Gasteiger partial charge in [-0.05, 0) is 67.3 Å². The molecule has 1 aliphatic heterocycles. The normalized spacial score (nSPS) is 13.0. The molecule has 0 aliphatic carbocycles. The Bertz CT molecular complexity index is 1270. The van der Waals surface area contributed by atoms with Crippen molar-refractivity contribution in [2.45, 2.75) is 26.8 Å². The van der Waals surface area contributed by atoms with Crippen LogP contribution >= 0.6 is 0 Å². The van der Waals surface area contributed by atoms with Gasteiger partial charge in [0, 0.05) is 24.5 Å². The third kappa shape index (κ3) is 4.05. The van der Waals surface area contributed by atoms with Crippen LogP contribution in [0.1, 0.15) is 34.1 Å². The maximum atomic E-state index is 13.7. The fraction of sp³-hybridized carbons (Fsp3) is 0.207. The Kier molecular flexibility index (Phi) is 5.74. The Hall–Kier alpha value is -3.79. The van der Waals surface area contributed by atoms with Crippen LogP contribution in [0.15, 0.2) is 84.9 Å². The molecule has 4 nitrogen and oxygen atoms in total. The van der Waals surface area contributed by atoms with Crippen molar-refractivity contribution in [1.82, 2.24) is 9.47 Å². The number of benzene rings is 3. The van der Waals surface area contributed by atoms with E-state index in [4.69, 9.17) is 4.74 Å². The van der Waals surface area contributed by atoms with Crippen LogP contribution in [0.5, 0.6) is 5.75 Å². The number of carbonyl (C=O) groups is 1. The van der Waals surface area contributed by atoms with E-state index in [-0.39, 0.29) is 5.91 Å². The molecule has 2 heterocycles. The summed E-state index contributed by atoms with van der Waals surface area (Å²) in [7, 11) is 0. The number of rotatable bonds is 5. The van der Waals surface area contributed by atoms with Crippen molar-refractivity contribution in [2.24, 2.45) is 0 Å². The van der Waals surface area contributed by atoms with Gasteiger partial charge in [0.05, 0.1) is 17.9 Å². The summed E-state index contributed by atoms with van der Waals surface area (Å²) in [5, 5.41) is 0. The van der Waals surface area contributed by atoms with Gasteiger partial charge in [0.2, 0.25) is 0 Å². The summed E-state index contributed by atoms with van der Waals surface area (Å²) in [6, 6.07) is 28.8. The van der Waals surface area contributed by atoms with Crippen LogP contribution in [0.4, 0.5) is 0 Å². The fourth-order valence-electron chi connectivity index (χ4n) is 4.67. The predicted molar refractivity (Wildman–Crippen MR) is 132 cm³/mol.